The van der Waals surface area contributed by atoms with E-state index in [1.165, 1.54) is 77.1 Å². The van der Waals surface area contributed by atoms with Gasteiger partial charge < -0.3 is 0 Å². The summed E-state index contributed by atoms with van der Waals surface area (Å²) in [5, 5.41) is 5.31. The molecule has 0 aliphatic rings. The molecule has 0 amide bonds. The molecule has 0 spiro atoms. The van der Waals surface area contributed by atoms with Gasteiger partial charge >= 0.3 is 257 Å². The van der Waals surface area contributed by atoms with Crippen molar-refractivity contribution in [3.63, 3.8) is 0 Å². The van der Waals surface area contributed by atoms with Gasteiger partial charge in [0.2, 0.25) is 0 Å². The molecule has 6 aromatic carbocycles. The molecular weight excluding hydrogens is 569 g/mol. The van der Waals surface area contributed by atoms with E-state index in [9.17, 15) is 0 Å². The van der Waals surface area contributed by atoms with Gasteiger partial charge in [-0.05, 0) is 0 Å². The predicted molar refractivity (Wildman–Crippen MR) is 186 cm³/mol. The van der Waals surface area contributed by atoms with Crippen molar-refractivity contribution < 1.29 is 0 Å². The van der Waals surface area contributed by atoms with Crippen LogP contribution in [0.5, 0.6) is 0 Å². The summed E-state index contributed by atoms with van der Waals surface area (Å²) in [6, 6.07) is 50.1. The Hall–Kier alpha value is -3.80. The second-order valence-corrected chi connectivity index (χ2v) is 15.6. The van der Waals surface area contributed by atoms with E-state index >= 15 is 0 Å². The molecule has 0 aromatic heterocycles. The topological polar surface area (TPSA) is 3.24 Å². The molecule has 1 nitrogen and oxygen atoms in total. The first-order chi connectivity index (χ1) is 20.8. The molecule has 42 heavy (non-hydrogen) atoms. The number of anilines is 1. The van der Waals surface area contributed by atoms with E-state index in [4.69, 9.17) is 0 Å². The molecule has 0 atom stereocenters. The molecule has 210 valence electrons. The van der Waals surface area contributed by atoms with Crippen LogP contribution in [0.25, 0.3) is 32.7 Å². The van der Waals surface area contributed by atoms with Crippen molar-refractivity contribution in [3.8, 4) is 11.1 Å². The van der Waals surface area contributed by atoms with Crippen molar-refractivity contribution in [1.29, 1.82) is 0 Å². The number of nitrogens with zero attached hydrogens (tertiary/aromatic N) is 1. The molecule has 0 saturated heterocycles. The Kier molecular flexibility index (Phi) is 9.07. The molecule has 6 aromatic rings. The molecular formula is C40H40AsN. The van der Waals surface area contributed by atoms with Gasteiger partial charge in [0, 0.05) is 0 Å². The second-order valence-electron chi connectivity index (χ2n) is 11.1. The van der Waals surface area contributed by atoms with Crippen LogP contribution >= 0.6 is 0 Å². The Labute approximate surface area is 256 Å². The minimum absolute atomic E-state index is 1.08. The van der Waals surface area contributed by atoms with E-state index in [1.807, 2.05) is 0 Å². The van der Waals surface area contributed by atoms with Crippen LogP contribution in [0.1, 0.15) is 39.5 Å². The Balaban J connectivity index is 1.72. The number of fused-ring (bicyclic) bond motifs is 2. The van der Waals surface area contributed by atoms with Gasteiger partial charge in [0.05, 0.1) is 0 Å². The van der Waals surface area contributed by atoms with Crippen LogP contribution in [0.2, 0.25) is 0 Å². The zero-order chi connectivity index (χ0) is 28.7. The molecule has 0 bridgehead atoms. The Morgan fingerprint density at radius 2 is 0.952 bits per heavy atom. The summed E-state index contributed by atoms with van der Waals surface area (Å²) in [6.07, 6.45) is 4.79. The first-order valence-corrected chi connectivity index (χ1v) is 18.3. The monoisotopic (exact) mass is 609 g/mol. The first-order valence-electron chi connectivity index (χ1n) is 15.5. The Bertz CT molecular complexity index is 1710. The third-order valence-corrected chi connectivity index (χ3v) is 13.4. The third-order valence-electron chi connectivity index (χ3n) is 8.24. The average Bonchev–Trinajstić information content (AvgIpc) is 3.05. The zero-order valence-electron chi connectivity index (χ0n) is 24.8. The van der Waals surface area contributed by atoms with Crippen molar-refractivity contribution in [3.05, 3.63) is 133 Å². The zero-order valence-corrected chi connectivity index (χ0v) is 26.7. The Morgan fingerprint density at radius 3 is 1.50 bits per heavy atom. The van der Waals surface area contributed by atoms with Crippen molar-refractivity contribution in [1.82, 2.24) is 0 Å². The molecule has 6 rings (SSSR count). The van der Waals surface area contributed by atoms with Gasteiger partial charge in [-0.25, -0.2) is 0 Å². The molecule has 0 aliphatic carbocycles. The van der Waals surface area contributed by atoms with E-state index in [2.05, 4.69) is 152 Å². The maximum absolute atomic E-state index is 2.68. The molecule has 0 radical (unpaired) electrons. The summed E-state index contributed by atoms with van der Waals surface area (Å²) in [5.41, 5.74) is 4.20. The molecule has 0 saturated carbocycles. The van der Waals surface area contributed by atoms with E-state index < -0.39 is 14.7 Å². The van der Waals surface area contributed by atoms with Gasteiger partial charge in [0.1, 0.15) is 0 Å². The minimum atomic E-state index is -1.92. The maximum atomic E-state index is 2.68. The SMILES string of the molecule is CCCCN(CCCC)c1ccc2ccccc2c1-c1c([As](c2ccccc2)c2ccccc2)ccc2ccccc12. The van der Waals surface area contributed by atoms with Crippen molar-refractivity contribution in [2.75, 3.05) is 18.0 Å². The van der Waals surface area contributed by atoms with Crippen LogP contribution in [0, 0.1) is 0 Å². The van der Waals surface area contributed by atoms with Crippen LogP contribution in [-0.4, -0.2) is 27.7 Å². The average molecular weight is 610 g/mol. The van der Waals surface area contributed by atoms with Crippen LogP contribution in [0.15, 0.2) is 133 Å². The quantitative estimate of drug-likeness (QED) is 0.133. The van der Waals surface area contributed by atoms with Gasteiger partial charge in [-0.3, -0.25) is 0 Å². The summed E-state index contributed by atoms with van der Waals surface area (Å²) in [5.74, 6) is 0. The molecule has 0 heterocycles. The number of hydrogen-bond donors (Lipinski definition) is 0. The Morgan fingerprint density at radius 1 is 0.476 bits per heavy atom. The van der Waals surface area contributed by atoms with Crippen LogP contribution in [-0.2, 0) is 0 Å². The standard InChI is InChI=1S/C40H40AsN/c1-3-5-29-42(30-6-4-2)38-28-26-32-18-14-16-24-36(32)40(38)39-35-23-15-13-17-31(35)25-27-37(39)41(33-19-9-7-10-20-33)34-21-11-8-12-22-34/h7-28H,3-6,29-30H2,1-2H3. The normalized spacial score (nSPS) is 11.4. The molecule has 0 unspecified atom stereocenters. The van der Waals surface area contributed by atoms with Crippen molar-refractivity contribution in [2.45, 2.75) is 39.5 Å². The third kappa shape index (κ3) is 5.77. The van der Waals surface area contributed by atoms with Gasteiger partial charge in [0.25, 0.3) is 0 Å². The van der Waals surface area contributed by atoms with E-state index in [-0.39, 0.29) is 0 Å². The molecule has 2 heteroatoms. The van der Waals surface area contributed by atoms with Crippen LogP contribution < -0.4 is 18.0 Å². The predicted octanol–water partition coefficient (Wildman–Crippen LogP) is 8.58. The van der Waals surface area contributed by atoms with Crippen molar-refractivity contribution in [2.24, 2.45) is 0 Å². The summed E-state index contributed by atoms with van der Waals surface area (Å²) in [6.45, 7) is 6.78. The summed E-state index contributed by atoms with van der Waals surface area (Å²) >= 11 is -1.92. The van der Waals surface area contributed by atoms with E-state index in [1.54, 1.807) is 0 Å². The van der Waals surface area contributed by atoms with Gasteiger partial charge in [-0.1, -0.05) is 0 Å². The fourth-order valence-electron chi connectivity index (χ4n) is 6.13. The van der Waals surface area contributed by atoms with Gasteiger partial charge in [-0.2, -0.15) is 0 Å². The van der Waals surface area contributed by atoms with E-state index in [0.29, 0.717) is 0 Å². The number of rotatable bonds is 11. The van der Waals surface area contributed by atoms with Crippen LogP contribution in [0.4, 0.5) is 5.69 Å². The first kappa shape index (κ1) is 28.3. The fourth-order valence-corrected chi connectivity index (χ4v) is 11.3. The fraction of sp³-hybridized carbons (Fsp3) is 0.200. The van der Waals surface area contributed by atoms with E-state index in [0.717, 1.165) is 13.1 Å². The summed E-state index contributed by atoms with van der Waals surface area (Å²) in [4.78, 5) is 2.68. The van der Waals surface area contributed by atoms with Gasteiger partial charge in [0.15, 0.2) is 0 Å². The van der Waals surface area contributed by atoms with Crippen LogP contribution in [0.3, 0.4) is 0 Å². The molecule has 0 N–H and O–H groups in total. The summed E-state index contributed by atoms with van der Waals surface area (Å²) in [7, 11) is 0. The van der Waals surface area contributed by atoms with Gasteiger partial charge in [-0.15, -0.1) is 0 Å². The number of unbranched alkanes of at least 4 members (excludes halogenated alkanes) is 2. The second kappa shape index (κ2) is 13.5. The number of hydrogen-bond acceptors (Lipinski definition) is 1. The van der Waals surface area contributed by atoms with Crippen molar-refractivity contribution >= 4 is 54.9 Å². The molecule has 0 aliphatic heterocycles. The summed E-state index contributed by atoms with van der Waals surface area (Å²) < 4.78 is 4.42. The molecule has 0 fully saturated rings. The number of benzene rings is 6.